The summed E-state index contributed by atoms with van der Waals surface area (Å²) in [6, 6.07) is 14.7. The molecule has 0 aliphatic rings. The number of carbonyl (C=O) groups is 1. The first kappa shape index (κ1) is 14.4. The summed E-state index contributed by atoms with van der Waals surface area (Å²) in [4.78, 5) is 12.1. The minimum absolute atomic E-state index is 0.153. The van der Waals surface area contributed by atoms with E-state index >= 15 is 0 Å². The van der Waals surface area contributed by atoms with Gasteiger partial charge in [-0.15, -0.1) is 0 Å². The van der Waals surface area contributed by atoms with Gasteiger partial charge < -0.3 is 4.74 Å². The maximum absolute atomic E-state index is 12.3. The summed E-state index contributed by atoms with van der Waals surface area (Å²) in [5.41, 5.74) is 0.314. The van der Waals surface area contributed by atoms with Crippen molar-refractivity contribution in [2.45, 2.75) is 13.8 Å². The fourth-order valence-corrected chi connectivity index (χ4v) is 2.53. The van der Waals surface area contributed by atoms with E-state index in [9.17, 15) is 9.90 Å². The first-order valence-corrected chi connectivity index (χ1v) is 7.36. The molecule has 0 fully saturated rings. The van der Waals surface area contributed by atoms with Gasteiger partial charge in [-0.1, -0.05) is 44.2 Å². The van der Waals surface area contributed by atoms with Gasteiger partial charge in [0.2, 0.25) is 0 Å². The van der Waals surface area contributed by atoms with E-state index in [0.29, 0.717) is 17.6 Å². The monoisotopic (exact) mass is 293 g/mol. The van der Waals surface area contributed by atoms with Crippen molar-refractivity contribution in [1.29, 1.82) is 0 Å². The number of benzene rings is 3. The summed E-state index contributed by atoms with van der Waals surface area (Å²) >= 11 is 0. The Morgan fingerprint density at radius 2 is 1.77 bits per heavy atom. The Morgan fingerprint density at radius 3 is 2.55 bits per heavy atom. The van der Waals surface area contributed by atoms with Crippen LogP contribution in [0.25, 0.3) is 21.5 Å². The number of hydrogen-bond acceptors (Lipinski definition) is 2. The van der Waals surface area contributed by atoms with Gasteiger partial charge in [-0.2, -0.15) is 0 Å². The van der Waals surface area contributed by atoms with E-state index in [1.165, 1.54) is 6.07 Å². The zero-order valence-corrected chi connectivity index (χ0v) is 12.6. The summed E-state index contributed by atoms with van der Waals surface area (Å²) in [5, 5.41) is 15.7. The lowest BCUT2D eigenvalue weighted by Gasteiger charge is -2.09. The molecule has 0 heterocycles. The third kappa shape index (κ3) is 2.62. The van der Waals surface area contributed by atoms with Crippen molar-refractivity contribution in [3.05, 3.63) is 54.1 Å². The normalized spacial score (nSPS) is 11.2. The number of hydrogen-bond donors (Lipinski definition) is 0. The summed E-state index contributed by atoms with van der Waals surface area (Å²) in [6.45, 7) is 4.29. The van der Waals surface area contributed by atoms with E-state index in [2.05, 4.69) is 0 Å². The maximum atomic E-state index is 12.3. The van der Waals surface area contributed by atoms with Crippen LogP contribution in [0.5, 0.6) is 5.75 Å². The zero-order chi connectivity index (χ0) is 15.7. The molecular formula is C19H17O3. The van der Waals surface area contributed by atoms with Crippen molar-refractivity contribution in [3.63, 3.8) is 0 Å². The molecule has 0 amide bonds. The number of carbonyl (C=O) groups excluding carboxylic acids is 1. The van der Waals surface area contributed by atoms with Gasteiger partial charge in [0.05, 0.1) is 12.2 Å². The second kappa shape index (κ2) is 5.68. The van der Waals surface area contributed by atoms with Gasteiger partial charge in [0.1, 0.15) is 0 Å². The number of fused-ring (bicyclic) bond motifs is 3. The summed E-state index contributed by atoms with van der Waals surface area (Å²) in [6.07, 6.45) is 0. The third-order valence-corrected chi connectivity index (χ3v) is 3.61. The largest absolute Gasteiger partial charge is 0.462 e. The molecule has 3 heteroatoms. The fraction of sp³-hybridized carbons (Fsp3) is 0.211. The zero-order valence-electron chi connectivity index (χ0n) is 12.6. The molecule has 0 atom stereocenters. The van der Waals surface area contributed by atoms with Gasteiger partial charge in [-0.25, -0.2) is 4.79 Å². The molecule has 0 aliphatic carbocycles. The van der Waals surface area contributed by atoms with E-state index in [4.69, 9.17) is 4.74 Å². The van der Waals surface area contributed by atoms with Gasteiger partial charge in [-0.05, 0) is 34.2 Å². The van der Waals surface area contributed by atoms with Gasteiger partial charge in [0, 0.05) is 11.5 Å². The van der Waals surface area contributed by atoms with E-state index in [-0.39, 0.29) is 11.7 Å². The minimum Gasteiger partial charge on any atom is -0.462 e. The Balaban J connectivity index is 2.13. The molecule has 111 valence electrons. The molecule has 3 rings (SSSR count). The van der Waals surface area contributed by atoms with Crippen LogP contribution in [0, 0.1) is 5.92 Å². The SMILES string of the molecule is CC(C)COC(=O)c1cc([O])c2ccc3ccccc3c2c1. The number of rotatable bonds is 3. The van der Waals surface area contributed by atoms with E-state index in [1.54, 1.807) is 6.07 Å². The van der Waals surface area contributed by atoms with Gasteiger partial charge in [0.25, 0.3) is 0 Å². The second-order valence-electron chi connectivity index (χ2n) is 5.85. The summed E-state index contributed by atoms with van der Waals surface area (Å²) in [7, 11) is 0. The van der Waals surface area contributed by atoms with Crippen molar-refractivity contribution in [1.82, 2.24) is 0 Å². The Morgan fingerprint density at radius 1 is 1.00 bits per heavy atom. The first-order chi connectivity index (χ1) is 10.6. The molecule has 0 unspecified atom stereocenters. The van der Waals surface area contributed by atoms with Crippen LogP contribution in [-0.2, 0) is 9.84 Å². The average Bonchev–Trinajstić information content (AvgIpc) is 2.52. The summed E-state index contributed by atoms with van der Waals surface area (Å²) < 4.78 is 5.23. The topological polar surface area (TPSA) is 46.2 Å². The second-order valence-corrected chi connectivity index (χ2v) is 5.85. The number of ether oxygens (including phenoxy) is 1. The van der Waals surface area contributed by atoms with Crippen LogP contribution in [0.2, 0.25) is 0 Å². The molecule has 0 saturated carbocycles. The van der Waals surface area contributed by atoms with Crippen molar-refractivity contribution >= 4 is 27.5 Å². The molecule has 0 saturated heterocycles. The van der Waals surface area contributed by atoms with E-state index in [0.717, 1.165) is 16.2 Å². The van der Waals surface area contributed by atoms with Gasteiger partial charge in [0.15, 0.2) is 5.75 Å². The molecule has 0 aromatic heterocycles. The number of esters is 1. The molecule has 3 nitrogen and oxygen atoms in total. The molecular weight excluding hydrogens is 276 g/mol. The average molecular weight is 293 g/mol. The molecule has 0 spiro atoms. The van der Waals surface area contributed by atoms with Crippen molar-refractivity contribution in [2.24, 2.45) is 5.92 Å². The lowest BCUT2D eigenvalue weighted by molar-refractivity contribution is 0.0458. The predicted octanol–water partition coefficient (Wildman–Crippen LogP) is 4.95. The first-order valence-electron chi connectivity index (χ1n) is 7.36. The van der Waals surface area contributed by atoms with Gasteiger partial charge >= 0.3 is 5.97 Å². The molecule has 0 N–H and O–H groups in total. The van der Waals surface area contributed by atoms with Crippen LogP contribution in [0.15, 0.2) is 48.5 Å². The quantitative estimate of drug-likeness (QED) is 0.506. The minimum atomic E-state index is -0.444. The van der Waals surface area contributed by atoms with Crippen LogP contribution in [0.3, 0.4) is 0 Å². The lowest BCUT2D eigenvalue weighted by Crippen LogP contribution is -2.10. The van der Waals surface area contributed by atoms with Crippen molar-refractivity contribution < 1.29 is 14.6 Å². The van der Waals surface area contributed by atoms with Crippen LogP contribution in [0.1, 0.15) is 24.2 Å². The summed E-state index contributed by atoms with van der Waals surface area (Å²) in [5.74, 6) is -0.336. The van der Waals surface area contributed by atoms with E-state index in [1.807, 2.05) is 50.2 Å². The third-order valence-electron chi connectivity index (χ3n) is 3.61. The molecule has 22 heavy (non-hydrogen) atoms. The standard InChI is InChI=1S/C19H17O3/c1-12(2)11-22-19(21)14-9-17-15-6-4-3-5-13(15)7-8-16(17)18(20)10-14/h3-10,12H,11H2,1-2H3. The molecule has 0 bridgehead atoms. The van der Waals surface area contributed by atoms with Crippen LogP contribution < -0.4 is 0 Å². The molecule has 1 radical (unpaired) electrons. The molecule has 3 aromatic rings. The Bertz CT molecular complexity index is 850. The van der Waals surface area contributed by atoms with E-state index < -0.39 is 5.97 Å². The van der Waals surface area contributed by atoms with Crippen molar-refractivity contribution in [2.75, 3.05) is 6.61 Å². The Labute approximate surface area is 129 Å². The molecule has 3 aromatic carbocycles. The van der Waals surface area contributed by atoms with Crippen LogP contribution in [-0.4, -0.2) is 12.6 Å². The van der Waals surface area contributed by atoms with Crippen molar-refractivity contribution in [3.8, 4) is 5.75 Å². The highest BCUT2D eigenvalue weighted by atomic mass is 16.5. The Hall–Kier alpha value is -2.55. The highest BCUT2D eigenvalue weighted by Gasteiger charge is 2.14. The lowest BCUT2D eigenvalue weighted by atomic mass is 9.99. The smallest absolute Gasteiger partial charge is 0.338 e. The fourth-order valence-electron chi connectivity index (χ4n) is 2.53. The maximum Gasteiger partial charge on any atom is 0.338 e. The molecule has 0 aliphatic heterocycles. The van der Waals surface area contributed by atoms with Gasteiger partial charge in [-0.3, -0.25) is 5.11 Å². The Kier molecular flexibility index (Phi) is 3.72. The predicted molar refractivity (Wildman–Crippen MR) is 86.7 cm³/mol. The van der Waals surface area contributed by atoms with Crippen LogP contribution >= 0.6 is 0 Å². The highest BCUT2D eigenvalue weighted by molar-refractivity contribution is 6.11. The highest BCUT2D eigenvalue weighted by Crippen LogP contribution is 2.33. The van der Waals surface area contributed by atoms with Crippen LogP contribution in [0.4, 0.5) is 0 Å².